The molecule has 2 amide bonds. The fourth-order valence-electron chi connectivity index (χ4n) is 2.80. The van der Waals surface area contributed by atoms with Crippen LogP contribution >= 0.6 is 0 Å². The second-order valence-corrected chi connectivity index (χ2v) is 5.85. The van der Waals surface area contributed by atoms with Crippen LogP contribution < -0.4 is 14.4 Å². The average molecular weight is 350 g/mol. The number of nitrogens with zero attached hydrogens (tertiary/aromatic N) is 2. The van der Waals surface area contributed by atoms with E-state index in [0.29, 0.717) is 17.2 Å². The zero-order chi connectivity index (χ0) is 18.6. The number of carbonyl (C=O) groups is 3. The summed E-state index contributed by atoms with van der Waals surface area (Å²) in [5.41, 5.74) is 0.580. The molecule has 0 unspecified atom stereocenters. The molecule has 1 saturated heterocycles. The van der Waals surface area contributed by atoms with Crippen molar-refractivity contribution in [3.8, 4) is 11.5 Å². The van der Waals surface area contributed by atoms with Crippen LogP contribution in [0.3, 0.4) is 0 Å². The summed E-state index contributed by atoms with van der Waals surface area (Å²) >= 11 is 0. The summed E-state index contributed by atoms with van der Waals surface area (Å²) in [7, 11) is 4.59. The number of methoxy groups -OCH3 is 2. The van der Waals surface area contributed by atoms with Gasteiger partial charge in [-0.1, -0.05) is 0 Å². The third-order valence-corrected chi connectivity index (χ3v) is 4.19. The van der Waals surface area contributed by atoms with Gasteiger partial charge in [0.15, 0.2) is 0 Å². The highest BCUT2D eigenvalue weighted by atomic mass is 16.5. The molecule has 0 radical (unpaired) electrons. The van der Waals surface area contributed by atoms with Gasteiger partial charge in [0.2, 0.25) is 11.8 Å². The monoisotopic (exact) mass is 350 g/mol. The van der Waals surface area contributed by atoms with Crippen LogP contribution in [0.5, 0.6) is 11.5 Å². The van der Waals surface area contributed by atoms with Crippen LogP contribution in [0.1, 0.15) is 12.8 Å². The third-order valence-electron chi connectivity index (χ3n) is 4.19. The number of rotatable bonds is 7. The lowest BCUT2D eigenvalue weighted by atomic mass is 10.1. The minimum absolute atomic E-state index is 0.0887. The van der Waals surface area contributed by atoms with Crippen LogP contribution in [0.2, 0.25) is 0 Å². The number of benzene rings is 1. The lowest BCUT2D eigenvalue weighted by Crippen LogP contribution is -2.36. The molecule has 1 aliphatic rings. The first kappa shape index (κ1) is 18.6. The van der Waals surface area contributed by atoms with Gasteiger partial charge >= 0.3 is 5.97 Å². The first-order chi connectivity index (χ1) is 11.9. The summed E-state index contributed by atoms with van der Waals surface area (Å²) in [4.78, 5) is 38.3. The van der Waals surface area contributed by atoms with Crippen molar-refractivity contribution in [2.75, 3.05) is 39.3 Å². The van der Waals surface area contributed by atoms with Crippen molar-refractivity contribution in [2.45, 2.75) is 12.8 Å². The van der Waals surface area contributed by atoms with E-state index in [1.807, 2.05) is 0 Å². The highest BCUT2D eigenvalue weighted by molar-refractivity contribution is 6.01. The van der Waals surface area contributed by atoms with E-state index < -0.39 is 11.9 Å². The van der Waals surface area contributed by atoms with Gasteiger partial charge in [-0.2, -0.15) is 0 Å². The zero-order valence-corrected chi connectivity index (χ0v) is 14.5. The van der Waals surface area contributed by atoms with E-state index in [0.717, 1.165) is 0 Å². The van der Waals surface area contributed by atoms with E-state index in [1.165, 1.54) is 24.0 Å². The predicted molar refractivity (Wildman–Crippen MR) is 89.9 cm³/mol. The average Bonchev–Trinajstić information content (AvgIpc) is 2.99. The highest BCUT2D eigenvalue weighted by Gasteiger charge is 2.37. The molecule has 0 spiro atoms. The Balaban J connectivity index is 2.12. The molecule has 1 aromatic carbocycles. The Labute approximate surface area is 145 Å². The third kappa shape index (κ3) is 4.20. The standard InChI is InChI=1S/C17H22N2O6/c1-18(7-6-16(21)22)17(23)11-8-15(20)19(10-11)13-5-4-12(24-2)9-14(13)25-3/h4-5,9,11H,6-8,10H2,1-3H3,(H,21,22)/t11-/m1/s1. The molecule has 25 heavy (non-hydrogen) atoms. The first-order valence-corrected chi connectivity index (χ1v) is 7.86. The second-order valence-electron chi connectivity index (χ2n) is 5.85. The maximum atomic E-state index is 12.4. The van der Waals surface area contributed by atoms with Gasteiger partial charge in [-0.25, -0.2) is 0 Å². The maximum Gasteiger partial charge on any atom is 0.305 e. The Hall–Kier alpha value is -2.77. The van der Waals surface area contributed by atoms with Crippen molar-refractivity contribution >= 4 is 23.5 Å². The van der Waals surface area contributed by atoms with Gasteiger partial charge in [0.25, 0.3) is 0 Å². The summed E-state index contributed by atoms with van der Waals surface area (Å²) in [6.07, 6.45) is -0.0373. The SMILES string of the molecule is COc1ccc(N2C[C@H](C(=O)N(C)CCC(=O)O)CC2=O)c(OC)c1. The molecule has 8 nitrogen and oxygen atoms in total. The normalized spacial score (nSPS) is 16.7. The van der Waals surface area contributed by atoms with E-state index in [2.05, 4.69) is 0 Å². The molecule has 0 saturated carbocycles. The number of aliphatic carboxylic acids is 1. The van der Waals surface area contributed by atoms with E-state index in [4.69, 9.17) is 14.6 Å². The van der Waals surface area contributed by atoms with Gasteiger partial charge in [0, 0.05) is 32.6 Å². The van der Waals surface area contributed by atoms with Crippen molar-refractivity contribution in [2.24, 2.45) is 5.92 Å². The van der Waals surface area contributed by atoms with Gasteiger partial charge < -0.3 is 24.4 Å². The summed E-state index contributed by atoms with van der Waals surface area (Å²) < 4.78 is 10.5. The minimum atomic E-state index is -0.966. The highest BCUT2D eigenvalue weighted by Crippen LogP contribution is 2.36. The molecule has 1 heterocycles. The van der Waals surface area contributed by atoms with Crippen LogP contribution in [0.15, 0.2) is 18.2 Å². The Kier molecular flexibility index (Phi) is 5.84. The Morgan fingerprint density at radius 2 is 2.04 bits per heavy atom. The molecule has 136 valence electrons. The van der Waals surface area contributed by atoms with Gasteiger partial charge in [-0.3, -0.25) is 14.4 Å². The number of ether oxygens (including phenoxy) is 2. The molecular weight excluding hydrogens is 328 g/mol. The Morgan fingerprint density at radius 3 is 2.64 bits per heavy atom. The number of hydrogen-bond acceptors (Lipinski definition) is 5. The molecule has 0 bridgehead atoms. The van der Waals surface area contributed by atoms with Crippen LogP contribution in [0, 0.1) is 5.92 Å². The van der Waals surface area contributed by atoms with Gasteiger partial charge in [0.1, 0.15) is 11.5 Å². The smallest absolute Gasteiger partial charge is 0.305 e. The van der Waals surface area contributed by atoms with Crippen molar-refractivity contribution in [3.05, 3.63) is 18.2 Å². The predicted octanol–water partition coefficient (Wildman–Crippen LogP) is 0.990. The van der Waals surface area contributed by atoms with Crippen LogP contribution in [-0.2, 0) is 14.4 Å². The van der Waals surface area contributed by atoms with Crippen molar-refractivity contribution in [3.63, 3.8) is 0 Å². The van der Waals surface area contributed by atoms with Crippen LogP contribution in [0.4, 0.5) is 5.69 Å². The lowest BCUT2D eigenvalue weighted by Gasteiger charge is -2.22. The number of carboxylic acid groups (broad SMARTS) is 1. The second kappa shape index (κ2) is 7.87. The topological polar surface area (TPSA) is 96.4 Å². The first-order valence-electron chi connectivity index (χ1n) is 7.86. The summed E-state index contributed by atoms with van der Waals surface area (Å²) in [6, 6.07) is 5.12. The molecular formula is C17H22N2O6. The summed E-state index contributed by atoms with van der Waals surface area (Å²) in [5, 5.41) is 8.72. The molecule has 2 rings (SSSR count). The summed E-state index contributed by atoms with van der Waals surface area (Å²) in [6.45, 7) is 0.350. The largest absolute Gasteiger partial charge is 0.497 e. The zero-order valence-electron chi connectivity index (χ0n) is 14.5. The van der Waals surface area contributed by atoms with E-state index in [9.17, 15) is 14.4 Å². The molecule has 1 atom stereocenters. The summed E-state index contributed by atoms with van der Waals surface area (Å²) in [5.74, 6) is -0.781. The fourth-order valence-corrected chi connectivity index (χ4v) is 2.80. The lowest BCUT2D eigenvalue weighted by molar-refractivity contribution is -0.139. The fraction of sp³-hybridized carbons (Fsp3) is 0.471. The number of carbonyl (C=O) groups excluding carboxylic acids is 2. The van der Waals surface area contributed by atoms with E-state index >= 15 is 0 Å². The van der Waals surface area contributed by atoms with Gasteiger partial charge in [0.05, 0.1) is 32.2 Å². The minimum Gasteiger partial charge on any atom is -0.497 e. The Morgan fingerprint density at radius 1 is 1.32 bits per heavy atom. The molecule has 8 heteroatoms. The van der Waals surface area contributed by atoms with Gasteiger partial charge in [-0.05, 0) is 12.1 Å². The van der Waals surface area contributed by atoms with E-state index in [-0.39, 0.29) is 37.7 Å². The number of amides is 2. The number of anilines is 1. The van der Waals surface area contributed by atoms with Crippen molar-refractivity contribution in [1.82, 2.24) is 4.90 Å². The molecule has 0 aromatic heterocycles. The quantitative estimate of drug-likeness (QED) is 0.788. The van der Waals surface area contributed by atoms with Crippen molar-refractivity contribution < 1.29 is 29.0 Å². The molecule has 1 aromatic rings. The van der Waals surface area contributed by atoms with Gasteiger partial charge in [-0.15, -0.1) is 0 Å². The molecule has 0 aliphatic carbocycles. The van der Waals surface area contributed by atoms with E-state index in [1.54, 1.807) is 25.2 Å². The van der Waals surface area contributed by atoms with Crippen LogP contribution in [0.25, 0.3) is 0 Å². The van der Waals surface area contributed by atoms with Crippen LogP contribution in [-0.4, -0.2) is 62.1 Å². The molecule has 1 fully saturated rings. The molecule has 1 N–H and O–H groups in total. The maximum absolute atomic E-state index is 12.4. The van der Waals surface area contributed by atoms with Crippen molar-refractivity contribution in [1.29, 1.82) is 0 Å². The number of hydrogen-bond donors (Lipinski definition) is 1. The number of carboxylic acids is 1. The molecule has 1 aliphatic heterocycles. The Bertz CT molecular complexity index is 675.